The number of pyridine rings is 1. The highest BCUT2D eigenvalue weighted by Crippen LogP contribution is 2.41. The van der Waals surface area contributed by atoms with Crippen LogP contribution in [0.25, 0.3) is 5.76 Å². The fraction of sp³-hybridized carbons (Fsp3) is 0.154. The van der Waals surface area contributed by atoms with Gasteiger partial charge in [-0.2, -0.15) is 0 Å². The van der Waals surface area contributed by atoms with Crippen LogP contribution in [0.3, 0.4) is 0 Å². The highest BCUT2D eigenvalue weighted by molar-refractivity contribution is 9.10. The summed E-state index contributed by atoms with van der Waals surface area (Å²) in [6.45, 7) is 2.21. The zero-order valence-corrected chi connectivity index (χ0v) is 19.9. The Bertz CT molecular complexity index is 1250. The molecule has 1 amide bonds. The number of ether oxygens (including phenoxy) is 1. The molecule has 7 nitrogen and oxygen atoms in total. The van der Waals surface area contributed by atoms with Crippen molar-refractivity contribution in [3.05, 3.63) is 99.8 Å². The van der Waals surface area contributed by atoms with Gasteiger partial charge in [0.1, 0.15) is 11.8 Å². The van der Waals surface area contributed by atoms with Crippen LogP contribution >= 0.6 is 15.9 Å². The Kier molecular flexibility index (Phi) is 6.88. The van der Waals surface area contributed by atoms with Gasteiger partial charge in [0.25, 0.3) is 11.7 Å². The molecule has 1 aliphatic heterocycles. The normalized spacial score (nSPS) is 17.1. The van der Waals surface area contributed by atoms with Crippen LogP contribution in [0, 0.1) is 0 Å². The number of aliphatic hydroxyl groups excluding tert-OH is 1. The lowest BCUT2D eigenvalue weighted by Crippen LogP contribution is -2.29. The number of carbonyl (C=O) groups excluding carboxylic acids is 3. The first-order chi connectivity index (χ1) is 16.4. The van der Waals surface area contributed by atoms with Crippen LogP contribution < -0.4 is 4.90 Å². The molecule has 0 saturated carbocycles. The maximum atomic E-state index is 13.2. The zero-order chi connectivity index (χ0) is 24.2. The number of aliphatic hydroxyl groups is 1. The predicted octanol–water partition coefficient (Wildman–Crippen LogP) is 5.04. The number of benzene rings is 2. The molecule has 2 aromatic carbocycles. The number of nitrogens with zero attached hydrogens (tertiary/aromatic N) is 2. The van der Waals surface area contributed by atoms with Crippen LogP contribution in [0.4, 0.5) is 5.69 Å². The molecule has 1 N–H and O–H groups in total. The Balaban J connectivity index is 1.80. The van der Waals surface area contributed by atoms with E-state index in [-0.39, 0.29) is 11.3 Å². The van der Waals surface area contributed by atoms with Gasteiger partial charge in [-0.1, -0.05) is 41.1 Å². The van der Waals surface area contributed by atoms with Crippen LogP contribution in [0.1, 0.15) is 41.0 Å². The molecular formula is C26H21BrN2O5. The van der Waals surface area contributed by atoms with Crippen molar-refractivity contribution in [2.75, 3.05) is 11.5 Å². The van der Waals surface area contributed by atoms with Crippen LogP contribution in [0.5, 0.6) is 0 Å². The van der Waals surface area contributed by atoms with Gasteiger partial charge in [-0.15, -0.1) is 0 Å². The second-order valence-electron chi connectivity index (χ2n) is 7.61. The lowest BCUT2D eigenvalue weighted by atomic mass is 9.98. The molecule has 1 aromatic heterocycles. The standard InChI is InChI=1S/C26H21BrN2O5/c1-2-15-34-26(33)17-8-12-19(13-9-17)29-22(20-5-3-4-14-28-20)21(24(31)25(29)32)23(30)16-6-10-18(27)11-7-16/h3-14,22,30H,2,15H2,1H3/b23-21+. The number of hydrogen-bond acceptors (Lipinski definition) is 6. The fourth-order valence-electron chi connectivity index (χ4n) is 3.72. The molecule has 0 aliphatic carbocycles. The summed E-state index contributed by atoms with van der Waals surface area (Å²) >= 11 is 3.35. The fourth-order valence-corrected chi connectivity index (χ4v) is 3.98. The van der Waals surface area contributed by atoms with E-state index in [4.69, 9.17) is 4.74 Å². The Morgan fingerprint density at radius 3 is 2.32 bits per heavy atom. The molecule has 8 heteroatoms. The Morgan fingerprint density at radius 1 is 1.03 bits per heavy atom. The second-order valence-corrected chi connectivity index (χ2v) is 8.53. The van der Waals surface area contributed by atoms with Crippen LogP contribution in [-0.4, -0.2) is 34.4 Å². The van der Waals surface area contributed by atoms with Crippen LogP contribution in [-0.2, 0) is 14.3 Å². The Morgan fingerprint density at radius 2 is 1.71 bits per heavy atom. The monoisotopic (exact) mass is 520 g/mol. The van der Waals surface area contributed by atoms with E-state index in [2.05, 4.69) is 20.9 Å². The Hall–Kier alpha value is -3.78. The molecule has 0 radical (unpaired) electrons. The molecule has 34 heavy (non-hydrogen) atoms. The van der Waals surface area contributed by atoms with Gasteiger partial charge in [0.05, 0.1) is 23.4 Å². The summed E-state index contributed by atoms with van der Waals surface area (Å²) < 4.78 is 5.96. The Labute approximate surface area is 204 Å². The van der Waals surface area contributed by atoms with Gasteiger partial charge in [-0.05, 0) is 55.0 Å². The van der Waals surface area contributed by atoms with Gasteiger partial charge in [-0.25, -0.2) is 4.79 Å². The highest BCUT2D eigenvalue weighted by Gasteiger charge is 2.47. The molecule has 1 atom stereocenters. The summed E-state index contributed by atoms with van der Waals surface area (Å²) in [5, 5.41) is 11.1. The minimum absolute atomic E-state index is 0.0579. The number of amides is 1. The highest BCUT2D eigenvalue weighted by atomic mass is 79.9. The number of anilines is 1. The van der Waals surface area contributed by atoms with E-state index in [9.17, 15) is 19.5 Å². The molecule has 172 valence electrons. The molecule has 0 spiro atoms. The zero-order valence-electron chi connectivity index (χ0n) is 18.3. The van der Waals surface area contributed by atoms with Crippen LogP contribution in [0.2, 0.25) is 0 Å². The maximum absolute atomic E-state index is 13.2. The summed E-state index contributed by atoms with van der Waals surface area (Å²) in [6.07, 6.45) is 2.26. The molecule has 1 fully saturated rings. The van der Waals surface area contributed by atoms with Gasteiger partial charge >= 0.3 is 5.97 Å². The molecule has 1 aliphatic rings. The third-order valence-electron chi connectivity index (χ3n) is 5.35. The lowest BCUT2D eigenvalue weighted by Gasteiger charge is -2.24. The number of halogens is 1. The maximum Gasteiger partial charge on any atom is 0.338 e. The number of Topliss-reactive ketones (excluding diaryl/α,β-unsaturated/α-hetero) is 1. The summed E-state index contributed by atoms with van der Waals surface area (Å²) in [5.41, 5.74) is 1.48. The van der Waals surface area contributed by atoms with Crippen molar-refractivity contribution in [2.45, 2.75) is 19.4 Å². The predicted molar refractivity (Wildman–Crippen MR) is 130 cm³/mol. The number of rotatable bonds is 6. The first-order valence-electron chi connectivity index (χ1n) is 10.7. The lowest BCUT2D eigenvalue weighted by molar-refractivity contribution is -0.132. The number of ketones is 1. The number of carbonyl (C=O) groups is 3. The van der Waals surface area contributed by atoms with Gasteiger partial charge in [0.2, 0.25) is 0 Å². The average Bonchev–Trinajstić information content (AvgIpc) is 3.13. The van der Waals surface area contributed by atoms with E-state index in [1.54, 1.807) is 60.8 Å². The topological polar surface area (TPSA) is 96.8 Å². The molecule has 1 unspecified atom stereocenters. The SMILES string of the molecule is CCCOC(=O)c1ccc(N2C(=O)C(=O)/C(=C(/O)c3ccc(Br)cc3)C2c2ccccn2)cc1. The van der Waals surface area contributed by atoms with E-state index >= 15 is 0 Å². The van der Waals surface area contributed by atoms with Gasteiger partial charge < -0.3 is 9.84 Å². The summed E-state index contributed by atoms with van der Waals surface area (Å²) in [4.78, 5) is 44.1. The van der Waals surface area contributed by atoms with Gasteiger partial charge in [0.15, 0.2) is 0 Å². The molecule has 2 heterocycles. The first kappa shape index (κ1) is 23.4. The van der Waals surface area contributed by atoms with Gasteiger partial charge in [0, 0.05) is 21.9 Å². The third kappa shape index (κ3) is 4.49. The van der Waals surface area contributed by atoms with E-state index in [0.29, 0.717) is 35.5 Å². The minimum Gasteiger partial charge on any atom is -0.507 e. The van der Waals surface area contributed by atoms with Crippen molar-refractivity contribution in [2.24, 2.45) is 0 Å². The van der Waals surface area contributed by atoms with Crippen molar-refractivity contribution in [3.8, 4) is 0 Å². The number of esters is 1. The van der Waals surface area contributed by atoms with Crippen molar-refractivity contribution < 1.29 is 24.2 Å². The molecule has 1 saturated heterocycles. The van der Waals surface area contributed by atoms with Crippen molar-refractivity contribution in [1.29, 1.82) is 0 Å². The summed E-state index contributed by atoms with van der Waals surface area (Å²) in [6, 6.07) is 17.2. The van der Waals surface area contributed by atoms with Crippen molar-refractivity contribution >= 4 is 45.0 Å². The quantitative estimate of drug-likeness (QED) is 0.211. The van der Waals surface area contributed by atoms with E-state index in [0.717, 1.165) is 4.47 Å². The summed E-state index contributed by atoms with van der Waals surface area (Å²) in [7, 11) is 0. The number of aromatic nitrogens is 1. The average molecular weight is 521 g/mol. The molecular weight excluding hydrogens is 500 g/mol. The van der Waals surface area contributed by atoms with Crippen molar-refractivity contribution in [3.63, 3.8) is 0 Å². The smallest absolute Gasteiger partial charge is 0.338 e. The summed E-state index contributed by atoms with van der Waals surface area (Å²) in [5.74, 6) is -2.37. The molecule has 3 aromatic rings. The van der Waals surface area contributed by atoms with Gasteiger partial charge in [-0.3, -0.25) is 19.5 Å². The van der Waals surface area contributed by atoms with E-state index in [1.165, 1.54) is 17.0 Å². The van der Waals surface area contributed by atoms with E-state index < -0.39 is 23.7 Å². The molecule has 4 rings (SSSR count). The first-order valence-corrected chi connectivity index (χ1v) is 11.5. The third-order valence-corrected chi connectivity index (χ3v) is 5.88. The van der Waals surface area contributed by atoms with Crippen molar-refractivity contribution in [1.82, 2.24) is 4.98 Å². The second kappa shape index (κ2) is 10.0. The minimum atomic E-state index is -0.942. The largest absolute Gasteiger partial charge is 0.507 e. The molecule has 0 bridgehead atoms. The van der Waals surface area contributed by atoms with E-state index in [1.807, 2.05) is 6.92 Å². The van der Waals surface area contributed by atoms with Crippen LogP contribution in [0.15, 0.2) is 83.0 Å². The number of hydrogen-bond donors (Lipinski definition) is 1.